The molecule has 3 rings (SSSR count). The molecule has 26 heavy (non-hydrogen) atoms. The van der Waals surface area contributed by atoms with E-state index in [1.165, 1.54) is 18.3 Å². The van der Waals surface area contributed by atoms with Gasteiger partial charge in [-0.2, -0.15) is 13.9 Å². The normalized spacial score (nSPS) is 12.2. The highest BCUT2D eigenvalue weighted by atomic mass is 32.2. The number of alkyl halides is 2. The number of carbonyl (C=O) groups is 1. The first-order valence-electron chi connectivity index (χ1n) is 7.71. The molecule has 1 N–H and O–H groups in total. The molecular formula is C17H15F2N5OS. The molecule has 9 heteroatoms. The second-order valence-electron chi connectivity index (χ2n) is 5.31. The van der Waals surface area contributed by atoms with Gasteiger partial charge in [0.15, 0.2) is 0 Å². The number of carbonyl (C=O) groups excluding carboxylic acids is 1. The number of amides is 1. The van der Waals surface area contributed by atoms with Gasteiger partial charge in [0, 0.05) is 24.7 Å². The maximum absolute atomic E-state index is 12.7. The van der Waals surface area contributed by atoms with Crippen molar-refractivity contribution in [2.75, 3.05) is 5.32 Å². The summed E-state index contributed by atoms with van der Waals surface area (Å²) in [5.74, 6) is -2.73. The lowest BCUT2D eigenvalue weighted by Gasteiger charge is -2.16. The second kappa shape index (κ2) is 8.05. The third kappa shape index (κ3) is 4.05. The van der Waals surface area contributed by atoms with Gasteiger partial charge in [-0.3, -0.25) is 9.78 Å². The van der Waals surface area contributed by atoms with E-state index in [2.05, 4.69) is 20.4 Å². The smallest absolute Gasteiger partial charge is 0.290 e. The Labute approximate surface area is 152 Å². The summed E-state index contributed by atoms with van der Waals surface area (Å²) in [4.78, 5) is 20.4. The molecule has 0 bridgehead atoms. The monoisotopic (exact) mass is 375 g/mol. The number of thioether (sulfide) groups is 1. The topological polar surface area (TPSA) is 72.7 Å². The third-order valence-corrected chi connectivity index (χ3v) is 4.41. The number of hydrogen-bond acceptors (Lipinski definition) is 5. The van der Waals surface area contributed by atoms with E-state index >= 15 is 0 Å². The van der Waals surface area contributed by atoms with Crippen molar-refractivity contribution in [3.05, 3.63) is 66.2 Å². The van der Waals surface area contributed by atoms with Crippen LogP contribution >= 0.6 is 11.8 Å². The summed E-state index contributed by atoms with van der Waals surface area (Å²) in [5.41, 5.74) is 1.05. The lowest BCUT2D eigenvalue weighted by molar-refractivity contribution is 0.102. The molecule has 0 aliphatic heterocycles. The van der Waals surface area contributed by atoms with Crippen LogP contribution in [0.15, 0.2) is 60.1 Å². The zero-order valence-electron chi connectivity index (χ0n) is 13.7. The number of halogens is 2. The van der Waals surface area contributed by atoms with Gasteiger partial charge in [-0.15, -0.1) is 0 Å². The number of rotatable bonds is 6. The van der Waals surface area contributed by atoms with E-state index in [0.717, 1.165) is 5.56 Å². The maximum Gasteiger partial charge on any atom is 0.290 e. The van der Waals surface area contributed by atoms with Gasteiger partial charge in [-0.1, -0.05) is 0 Å². The summed E-state index contributed by atoms with van der Waals surface area (Å²) in [5, 5.41) is 6.95. The van der Waals surface area contributed by atoms with E-state index in [1.807, 2.05) is 19.1 Å². The van der Waals surface area contributed by atoms with Crippen LogP contribution in [0, 0.1) is 0 Å². The molecule has 0 aliphatic carbocycles. The number of pyridine rings is 2. The first-order valence-corrected chi connectivity index (χ1v) is 8.59. The van der Waals surface area contributed by atoms with E-state index in [-0.39, 0.29) is 28.4 Å². The van der Waals surface area contributed by atoms with Crippen molar-refractivity contribution in [3.8, 4) is 0 Å². The van der Waals surface area contributed by atoms with Gasteiger partial charge in [-0.05, 0) is 48.5 Å². The van der Waals surface area contributed by atoms with Crippen molar-refractivity contribution in [2.24, 2.45) is 0 Å². The van der Waals surface area contributed by atoms with Crippen LogP contribution in [0.25, 0.3) is 0 Å². The average Bonchev–Trinajstić information content (AvgIpc) is 3.09. The van der Waals surface area contributed by atoms with Crippen LogP contribution in [-0.4, -0.2) is 31.4 Å². The Morgan fingerprint density at radius 2 is 1.92 bits per heavy atom. The Morgan fingerprint density at radius 3 is 2.65 bits per heavy atom. The van der Waals surface area contributed by atoms with Crippen LogP contribution in [-0.2, 0) is 0 Å². The van der Waals surface area contributed by atoms with Crippen LogP contribution in [0.3, 0.4) is 0 Å². The average molecular weight is 375 g/mol. The highest BCUT2D eigenvalue weighted by Gasteiger charge is 2.19. The minimum absolute atomic E-state index is 0.0201. The molecule has 6 nitrogen and oxygen atoms in total. The molecular weight excluding hydrogens is 360 g/mol. The molecule has 0 aromatic carbocycles. The molecule has 1 atom stereocenters. The lowest BCUT2D eigenvalue weighted by Crippen LogP contribution is -2.19. The Balaban J connectivity index is 1.83. The summed E-state index contributed by atoms with van der Waals surface area (Å²) in [7, 11) is 0. The fraction of sp³-hybridized carbons (Fsp3) is 0.176. The van der Waals surface area contributed by atoms with E-state index < -0.39 is 11.7 Å². The number of hydrogen-bond donors (Lipinski definition) is 1. The molecule has 1 amide bonds. The van der Waals surface area contributed by atoms with Gasteiger partial charge in [0.2, 0.25) is 0 Å². The van der Waals surface area contributed by atoms with Crippen molar-refractivity contribution in [1.82, 2.24) is 19.7 Å². The highest BCUT2D eigenvalue weighted by Crippen LogP contribution is 2.27. The van der Waals surface area contributed by atoms with Gasteiger partial charge < -0.3 is 5.32 Å². The number of nitrogens with zero attached hydrogens (tertiary/aromatic N) is 4. The Kier molecular flexibility index (Phi) is 5.57. The zero-order valence-corrected chi connectivity index (χ0v) is 14.5. The van der Waals surface area contributed by atoms with Crippen LogP contribution in [0.1, 0.15) is 28.9 Å². The summed E-state index contributed by atoms with van der Waals surface area (Å²) in [6.45, 7) is 1.93. The SMILES string of the molecule is CC(c1ccncc1)n1nccc1NC(=O)c1cccnc1SC(F)F. The highest BCUT2D eigenvalue weighted by molar-refractivity contribution is 7.99. The predicted molar refractivity (Wildman–Crippen MR) is 94.3 cm³/mol. The molecule has 3 aromatic heterocycles. The van der Waals surface area contributed by atoms with Gasteiger partial charge in [-0.25, -0.2) is 9.67 Å². The summed E-state index contributed by atoms with van der Waals surface area (Å²) < 4.78 is 27.0. The summed E-state index contributed by atoms with van der Waals surface area (Å²) >= 11 is 0.239. The molecule has 3 aromatic rings. The molecule has 1 unspecified atom stereocenters. The summed E-state index contributed by atoms with van der Waals surface area (Å²) in [6.07, 6.45) is 6.29. The first-order chi connectivity index (χ1) is 12.6. The van der Waals surface area contributed by atoms with Gasteiger partial charge in [0.05, 0.1) is 17.8 Å². The minimum Gasteiger partial charge on any atom is -0.307 e. The number of aromatic nitrogens is 4. The van der Waals surface area contributed by atoms with Crippen molar-refractivity contribution in [1.29, 1.82) is 0 Å². The van der Waals surface area contributed by atoms with Crippen LogP contribution < -0.4 is 5.32 Å². The van der Waals surface area contributed by atoms with E-state index in [1.54, 1.807) is 29.3 Å². The van der Waals surface area contributed by atoms with Gasteiger partial charge in [0.1, 0.15) is 10.8 Å². The lowest BCUT2D eigenvalue weighted by atomic mass is 10.1. The fourth-order valence-electron chi connectivity index (χ4n) is 2.43. The van der Waals surface area contributed by atoms with Crippen molar-refractivity contribution in [3.63, 3.8) is 0 Å². The van der Waals surface area contributed by atoms with Crippen LogP contribution in [0.5, 0.6) is 0 Å². The van der Waals surface area contributed by atoms with Crippen LogP contribution in [0.4, 0.5) is 14.6 Å². The molecule has 0 aliphatic rings. The van der Waals surface area contributed by atoms with Crippen LogP contribution in [0.2, 0.25) is 0 Å². The molecule has 0 saturated heterocycles. The molecule has 0 saturated carbocycles. The van der Waals surface area contributed by atoms with E-state index in [4.69, 9.17) is 0 Å². The molecule has 0 spiro atoms. The Bertz CT molecular complexity index is 888. The van der Waals surface area contributed by atoms with Crippen molar-refractivity contribution >= 4 is 23.5 Å². The largest absolute Gasteiger partial charge is 0.307 e. The van der Waals surface area contributed by atoms with Gasteiger partial charge in [0.25, 0.3) is 11.7 Å². The standard InChI is InChI=1S/C17H15F2N5OS/c1-11(12-4-8-20-9-5-12)24-14(6-10-22-24)23-15(25)13-3-2-7-21-16(13)26-17(18)19/h2-11,17H,1H3,(H,23,25). The molecule has 134 valence electrons. The fourth-order valence-corrected chi connectivity index (χ4v) is 3.01. The van der Waals surface area contributed by atoms with Crippen molar-refractivity contribution in [2.45, 2.75) is 23.7 Å². The number of nitrogens with one attached hydrogen (secondary N) is 1. The molecule has 3 heterocycles. The predicted octanol–water partition coefficient (Wildman–Crippen LogP) is 3.85. The Hall–Kier alpha value is -2.81. The van der Waals surface area contributed by atoms with Gasteiger partial charge >= 0.3 is 0 Å². The Morgan fingerprint density at radius 1 is 1.15 bits per heavy atom. The first kappa shape index (κ1) is 18.0. The summed E-state index contributed by atoms with van der Waals surface area (Å²) in [6, 6.07) is 8.20. The second-order valence-corrected chi connectivity index (χ2v) is 6.29. The number of anilines is 1. The molecule has 0 fully saturated rings. The third-order valence-electron chi connectivity index (χ3n) is 3.68. The maximum atomic E-state index is 12.7. The minimum atomic E-state index is -2.66. The molecule has 0 radical (unpaired) electrons. The van der Waals surface area contributed by atoms with E-state index in [0.29, 0.717) is 5.82 Å². The van der Waals surface area contributed by atoms with Crippen molar-refractivity contribution < 1.29 is 13.6 Å². The quantitative estimate of drug-likeness (QED) is 0.663. The zero-order chi connectivity index (χ0) is 18.5. The van der Waals surface area contributed by atoms with E-state index in [9.17, 15) is 13.6 Å².